The van der Waals surface area contributed by atoms with E-state index in [2.05, 4.69) is 9.97 Å². The van der Waals surface area contributed by atoms with Crippen molar-refractivity contribution in [3.8, 4) is 17.5 Å². The third kappa shape index (κ3) is 2.82. The number of phenols is 1. The van der Waals surface area contributed by atoms with Crippen molar-refractivity contribution < 1.29 is 19.0 Å². The summed E-state index contributed by atoms with van der Waals surface area (Å²) >= 11 is 0. The molecule has 0 bridgehead atoms. The fraction of sp³-hybridized carbons (Fsp3) is 0.167. The van der Waals surface area contributed by atoms with Crippen molar-refractivity contribution >= 4 is 5.82 Å². The number of hydrogen-bond acceptors (Lipinski definition) is 6. The maximum absolute atomic E-state index is 12.9. The number of aromatic hydroxyl groups is 1. The lowest BCUT2D eigenvalue weighted by Gasteiger charge is -2.10. The number of anilines is 1. The Morgan fingerprint density at radius 1 is 1.42 bits per heavy atom. The Morgan fingerprint density at radius 3 is 2.89 bits per heavy atom. The summed E-state index contributed by atoms with van der Waals surface area (Å²) in [6.07, 6.45) is 0.928. The molecule has 2 aromatic rings. The first-order valence-corrected chi connectivity index (χ1v) is 5.37. The second-order valence-electron chi connectivity index (χ2n) is 3.64. The number of halogens is 1. The van der Waals surface area contributed by atoms with Crippen molar-refractivity contribution in [3.05, 3.63) is 35.8 Å². The van der Waals surface area contributed by atoms with Gasteiger partial charge in [0.05, 0.1) is 13.3 Å². The van der Waals surface area contributed by atoms with E-state index in [-0.39, 0.29) is 24.2 Å². The van der Waals surface area contributed by atoms with E-state index in [1.807, 2.05) is 0 Å². The minimum atomic E-state index is -0.706. The van der Waals surface area contributed by atoms with Gasteiger partial charge in [-0.2, -0.15) is 4.98 Å². The van der Waals surface area contributed by atoms with Crippen LogP contribution in [0.5, 0.6) is 17.5 Å². The third-order valence-corrected chi connectivity index (χ3v) is 2.39. The summed E-state index contributed by atoms with van der Waals surface area (Å²) in [5.74, 6) is -0.684. The molecule has 100 valence electrons. The summed E-state index contributed by atoms with van der Waals surface area (Å²) in [6, 6.07) is 4.81. The molecular weight excluding hydrogens is 253 g/mol. The number of nitrogens with two attached hydrogens (primary N) is 1. The fourth-order valence-electron chi connectivity index (χ4n) is 1.50. The van der Waals surface area contributed by atoms with Gasteiger partial charge in [-0.25, -0.2) is 9.37 Å². The largest absolute Gasteiger partial charge is 0.504 e. The molecular formula is C12H12FN3O3. The average Bonchev–Trinajstić information content (AvgIpc) is 2.40. The molecule has 0 amide bonds. The highest BCUT2D eigenvalue weighted by molar-refractivity contribution is 5.45. The van der Waals surface area contributed by atoms with Crippen LogP contribution in [0, 0.1) is 5.82 Å². The second-order valence-corrected chi connectivity index (χ2v) is 3.64. The standard InChI is InChI=1S/C12H12FN3O3/c1-18-10-7(3-2-4-9(10)17)6-19-12-15-5-8(13)11(14)16-12/h2-5,17H,6H2,1H3,(H2,14,15,16). The maximum Gasteiger partial charge on any atom is 0.318 e. The first kappa shape index (κ1) is 12.9. The van der Waals surface area contributed by atoms with Crippen LogP contribution in [0.2, 0.25) is 0 Å². The predicted molar refractivity (Wildman–Crippen MR) is 65.4 cm³/mol. The SMILES string of the molecule is COc1c(O)cccc1COc1ncc(F)c(N)n1. The number of nitrogen functional groups attached to an aromatic ring is 1. The monoisotopic (exact) mass is 265 g/mol. The maximum atomic E-state index is 12.9. The van der Waals surface area contributed by atoms with E-state index < -0.39 is 5.82 Å². The minimum absolute atomic E-state index is 0.00291. The van der Waals surface area contributed by atoms with Gasteiger partial charge in [0.1, 0.15) is 6.61 Å². The smallest absolute Gasteiger partial charge is 0.318 e. The van der Waals surface area contributed by atoms with Gasteiger partial charge >= 0.3 is 6.01 Å². The molecule has 1 heterocycles. The molecule has 0 aliphatic heterocycles. The van der Waals surface area contributed by atoms with Gasteiger partial charge in [-0.3, -0.25) is 0 Å². The molecule has 0 radical (unpaired) electrons. The number of hydrogen-bond donors (Lipinski definition) is 2. The predicted octanol–water partition coefficient (Wildman–Crippen LogP) is 1.49. The molecule has 1 aromatic heterocycles. The van der Waals surface area contributed by atoms with Gasteiger partial charge in [-0.15, -0.1) is 0 Å². The molecule has 0 saturated heterocycles. The molecule has 0 fully saturated rings. The Labute approximate surface area is 108 Å². The van der Waals surface area contributed by atoms with Crippen LogP contribution < -0.4 is 15.2 Å². The molecule has 0 aliphatic rings. The zero-order chi connectivity index (χ0) is 13.8. The van der Waals surface area contributed by atoms with Crippen LogP contribution >= 0.6 is 0 Å². The Kier molecular flexibility index (Phi) is 3.65. The molecule has 0 spiro atoms. The van der Waals surface area contributed by atoms with Gasteiger partial charge in [-0.05, 0) is 6.07 Å². The summed E-state index contributed by atoms with van der Waals surface area (Å²) < 4.78 is 23.2. The van der Waals surface area contributed by atoms with Crippen LogP contribution in [-0.2, 0) is 6.61 Å². The van der Waals surface area contributed by atoms with Gasteiger partial charge in [0.15, 0.2) is 23.1 Å². The summed E-state index contributed by atoms with van der Waals surface area (Å²) in [6.45, 7) is 0.0582. The number of phenolic OH excluding ortho intramolecular Hbond substituents is 1. The van der Waals surface area contributed by atoms with E-state index in [0.29, 0.717) is 11.3 Å². The van der Waals surface area contributed by atoms with Crippen LogP contribution in [-0.4, -0.2) is 22.2 Å². The lowest BCUT2D eigenvalue weighted by atomic mass is 10.2. The van der Waals surface area contributed by atoms with Gasteiger partial charge in [-0.1, -0.05) is 12.1 Å². The summed E-state index contributed by atoms with van der Waals surface area (Å²) in [5.41, 5.74) is 5.90. The van der Waals surface area contributed by atoms with Crippen molar-refractivity contribution in [1.82, 2.24) is 9.97 Å². The van der Waals surface area contributed by atoms with Crippen LogP contribution in [0.1, 0.15) is 5.56 Å². The molecule has 2 rings (SSSR count). The average molecular weight is 265 g/mol. The Morgan fingerprint density at radius 2 is 2.21 bits per heavy atom. The fourth-order valence-corrected chi connectivity index (χ4v) is 1.50. The molecule has 1 aromatic carbocycles. The van der Waals surface area contributed by atoms with E-state index in [0.717, 1.165) is 6.20 Å². The number of para-hydroxylation sites is 1. The Hall–Kier alpha value is -2.57. The first-order chi connectivity index (χ1) is 9.11. The van der Waals surface area contributed by atoms with E-state index in [1.165, 1.54) is 13.2 Å². The van der Waals surface area contributed by atoms with Gasteiger partial charge < -0.3 is 20.3 Å². The van der Waals surface area contributed by atoms with Crippen LogP contribution in [0.4, 0.5) is 10.2 Å². The quantitative estimate of drug-likeness (QED) is 0.870. The number of benzene rings is 1. The summed E-state index contributed by atoms with van der Waals surface area (Å²) in [7, 11) is 1.44. The first-order valence-electron chi connectivity index (χ1n) is 5.37. The van der Waals surface area contributed by atoms with Crippen molar-refractivity contribution in [3.63, 3.8) is 0 Å². The topological polar surface area (TPSA) is 90.5 Å². The lowest BCUT2D eigenvalue weighted by molar-refractivity contribution is 0.270. The molecule has 3 N–H and O–H groups in total. The summed E-state index contributed by atoms with van der Waals surface area (Å²) in [5, 5.41) is 9.59. The third-order valence-electron chi connectivity index (χ3n) is 2.39. The molecule has 0 aliphatic carbocycles. The van der Waals surface area contributed by atoms with E-state index >= 15 is 0 Å². The van der Waals surface area contributed by atoms with Crippen molar-refractivity contribution in [2.24, 2.45) is 0 Å². The van der Waals surface area contributed by atoms with Gasteiger partial charge in [0.25, 0.3) is 0 Å². The molecule has 19 heavy (non-hydrogen) atoms. The van der Waals surface area contributed by atoms with Crippen LogP contribution in [0.3, 0.4) is 0 Å². The number of aromatic nitrogens is 2. The van der Waals surface area contributed by atoms with Crippen molar-refractivity contribution in [1.29, 1.82) is 0 Å². The van der Waals surface area contributed by atoms with Gasteiger partial charge in [0, 0.05) is 5.56 Å². The van der Waals surface area contributed by atoms with Crippen LogP contribution in [0.15, 0.2) is 24.4 Å². The van der Waals surface area contributed by atoms with Crippen molar-refractivity contribution in [2.45, 2.75) is 6.61 Å². The van der Waals surface area contributed by atoms with Gasteiger partial charge in [0.2, 0.25) is 0 Å². The van der Waals surface area contributed by atoms with Crippen molar-refractivity contribution in [2.75, 3.05) is 12.8 Å². The minimum Gasteiger partial charge on any atom is -0.504 e. The summed E-state index contributed by atoms with van der Waals surface area (Å²) in [4.78, 5) is 7.27. The molecule has 7 heteroatoms. The highest BCUT2D eigenvalue weighted by atomic mass is 19.1. The normalized spacial score (nSPS) is 10.2. The molecule has 6 nitrogen and oxygen atoms in total. The molecule has 0 unspecified atom stereocenters. The molecule has 0 saturated carbocycles. The van der Waals surface area contributed by atoms with E-state index in [1.54, 1.807) is 12.1 Å². The highest BCUT2D eigenvalue weighted by Crippen LogP contribution is 2.30. The number of ether oxygens (including phenoxy) is 2. The number of nitrogens with zero attached hydrogens (tertiary/aromatic N) is 2. The second kappa shape index (κ2) is 5.38. The van der Waals surface area contributed by atoms with E-state index in [9.17, 15) is 9.50 Å². The number of rotatable bonds is 4. The zero-order valence-electron chi connectivity index (χ0n) is 10.1. The van der Waals surface area contributed by atoms with E-state index in [4.69, 9.17) is 15.2 Å². The van der Waals surface area contributed by atoms with Crippen LogP contribution in [0.25, 0.3) is 0 Å². The zero-order valence-corrected chi connectivity index (χ0v) is 10.1. The Balaban J connectivity index is 2.14. The lowest BCUT2D eigenvalue weighted by Crippen LogP contribution is -2.04. The highest BCUT2D eigenvalue weighted by Gasteiger charge is 2.10. The number of methoxy groups -OCH3 is 1. The Bertz CT molecular complexity index is 592. The molecule has 0 atom stereocenters.